The van der Waals surface area contributed by atoms with Crippen molar-refractivity contribution in [2.24, 2.45) is 5.73 Å². The predicted molar refractivity (Wildman–Crippen MR) is 83.3 cm³/mol. The molecule has 6 heteroatoms. The molecule has 0 saturated carbocycles. The second kappa shape index (κ2) is 6.97. The number of rotatable bonds is 4. The fourth-order valence-corrected chi connectivity index (χ4v) is 2.47. The van der Waals surface area contributed by atoms with Crippen LogP contribution in [-0.2, 0) is 4.79 Å². The molecule has 114 valence electrons. The Hall–Kier alpha value is -2.24. The maximum atomic E-state index is 11.6. The van der Waals surface area contributed by atoms with Crippen molar-refractivity contribution in [2.75, 3.05) is 23.3 Å². The smallest absolute Gasteiger partial charge is 0.318 e. The van der Waals surface area contributed by atoms with Crippen LogP contribution in [0.3, 0.4) is 0 Å². The molecule has 1 aliphatic rings. The van der Waals surface area contributed by atoms with Crippen molar-refractivity contribution in [2.45, 2.75) is 32.2 Å². The van der Waals surface area contributed by atoms with Crippen LogP contribution in [0.5, 0.6) is 0 Å². The first kappa shape index (κ1) is 15.2. The van der Waals surface area contributed by atoms with Crippen molar-refractivity contribution >= 4 is 23.3 Å². The lowest BCUT2D eigenvalue weighted by Crippen LogP contribution is -2.43. The molecular formula is C15H22N4O2. The quantitative estimate of drug-likeness (QED) is 0.787. The van der Waals surface area contributed by atoms with Gasteiger partial charge in [-0.1, -0.05) is 0 Å². The molecule has 1 unspecified atom stereocenters. The molecule has 1 saturated heterocycles. The van der Waals surface area contributed by atoms with E-state index in [9.17, 15) is 9.59 Å². The molecule has 21 heavy (non-hydrogen) atoms. The third-order valence-electron chi connectivity index (χ3n) is 3.61. The van der Waals surface area contributed by atoms with Gasteiger partial charge in [0.25, 0.3) is 0 Å². The zero-order valence-corrected chi connectivity index (χ0v) is 12.3. The summed E-state index contributed by atoms with van der Waals surface area (Å²) in [6.07, 6.45) is 3.79. The average Bonchev–Trinajstić information content (AvgIpc) is 2.48. The number of nitrogens with two attached hydrogens (primary N) is 1. The number of nitrogens with one attached hydrogen (secondary N) is 2. The Morgan fingerprint density at radius 2 is 1.76 bits per heavy atom. The third-order valence-corrected chi connectivity index (χ3v) is 3.61. The maximum absolute atomic E-state index is 11.6. The van der Waals surface area contributed by atoms with Gasteiger partial charge >= 0.3 is 6.03 Å². The minimum atomic E-state index is -0.839. The van der Waals surface area contributed by atoms with Crippen LogP contribution in [0.4, 0.5) is 16.2 Å². The van der Waals surface area contributed by atoms with Crippen LogP contribution in [0, 0.1) is 0 Å². The van der Waals surface area contributed by atoms with E-state index in [1.807, 2.05) is 24.3 Å². The summed E-state index contributed by atoms with van der Waals surface area (Å²) in [6, 6.07) is 6.61. The number of hydrogen-bond donors (Lipinski definition) is 3. The number of hydrogen-bond acceptors (Lipinski definition) is 4. The molecule has 1 aliphatic heterocycles. The van der Waals surface area contributed by atoms with Crippen LogP contribution in [0.2, 0.25) is 0 Å². The fraction of sp³-hybridized carbons (Fsp3) is 0.467. The van der Waals surface area contributed by atoms with Crippen LogP contribution in [-0.4, -0.2) is 31.1 Å². The molecule has 1 heterocycles. The van der Waals surface area contributed by atoms with E-state index >= 15 is 0 Å². The fourth-order valence-electron chi connectivity index (χ4n) is 2.47. The van der Waals surface area contributed by atoms with Gasteiger partial charge in [-0.3, -0.25) is 10.1 Å². The first-order valence-electron chi connectivity index (χ1n) is 7.28. The SMILES string of the molecule is CC(Nc1ccc(N2CCCCC2)cc1)C(=O)NC(N)=O. The number of anilines is 2. The number of carbonyl (C=O) groups excluding carboxylic acids is 2. The highest BCUT2D eigenvalue weighted by Crippen LogP contribution is 2.22. The molecule has 3 amide bonds. The van der Waals surface area contributed by atoms with E-state index in [2.05, 4.69) is 15.5 Å². The summed E-state index contributed by atoms with van der Waals surface area (Å²) in [5, 5.41) is 5.09. The van der Waals surface area contributed by atoms with Gasteiger partial charge < -0.3 is 16.0 Å². The van der Waals surface area contributed by atoms with E-state index in [0.717, 1.165) is 18.8 Å². The lowest BCUT2D eigenvalue weighted by atomic mass is 10.1. The number of piperidine rings is 1. The molecule has 4 N–H and O–H groups in total. The Labute approximate surface area is 124 Å². The van der Waals surface area contributed by atoms with Gasteiger partial charge in [0.2, 0.25) is 5.91 Å². The van der Waals surface area contributed by atoms with E-state index in [-0.39, 0.29) is 0 Å². The van der Waals surface area contributed by atoms with Crippen LogP contribution in [0.15, 0.2) is 24.3 Å². The molecular weight excluding hydrogens is 268 g/mol. The monoisotopic (exact) mass is 290 g/mol. The van der Waals surface area contributed by atoms with Crippen molar-refractivity contribution in [3.63, 3.8) is 0 Å². The summed E-state index contributed by atoms with van der Waals surface area (Å²) in [5.41, 5.74) is 6.96. The largest absolute Gasteiger partial charge is 0.374 e. The minimum Gasteiger partial charge on any atom is -0.374 e. The zero-order valence-electron chi connectivity index (χ0n) is 12.3. The van der Waals surface area contributed by atoms with Gasteiger partial charge in [-0.25, -0.2) is 4.79 Å². The Morgan fingerprint density at radius 3 is 2.33 bits per heavy atom. The first-order valence-corrected chi connectivity index (χ1v) is 7.28. The van der Waals surface area contributed by atoms with Crippen molar-refractivity contribution in [3.8, 4) is 0 Å². The summed E-state index contributed by atoms with van der Waals surface area (Å²) in [6.45, 7) is 3.88. The predicted octanol–water partition coefficient (Wildman–Crippen LogP) is 1.67. The average molecular weight is 290 g/mol. The van der Waals surface area contributed by atoms with Crippen molar-refractivity contribution in [3.05, 3.63) is 24.3 Å². The van der Waals surface area contributed by atoms with E-state index < -0.39 is 18.0 Å². The lowest BCUT2D eigenvalue weighted by Gasteiger charge is -2.29. The van der Waals surface area contributed by atoms with Crippen LogP contribution >= 0.6 is 0 Å². The molecule has 1 atom stereocenters. The normalized spacial score (nSPS) is 16.1. The van der Waals surface area contributed by atoms with Crippen LogP contribution in [0.25, 0.3) is 0 Å². The molecule has 6 nitrogen and oxygen atoms in total. The van der Waals surface area contributed by atoms with Gasteiger partial charge in [0.05, 0.1) is 0 Å². The number of nitrogens with zero attached hydrogens (tertiary/aromatic N) is 1. The number of urea groups is 1. The lowest BCUT2D eigenvalue weighted by molar-refractivity contribution is -0.120. The number of carbonyl (C=O) groups is 2. The zero-order chi connectivity index (χ0) is 15.2. The molecule has 1 aromatic carbocycles. The summed E-state index contributed by atoms with van der Waals surface area (Å²) < 4.78 is 0. The molecule has 1 aromatic rings. The van der Waals surface area contributed by atoms with Gasteiger partial charge in [0.1, 0.15) is 6.04 Å². The summed E-state index contributed by atoms with van der Waals surface area (Å²) in [4.78, 5) is 24.6. The Balaban J connectivity index is 1.92. The minimum absolute atomic E-state index is 0.442. The molecule has 0 spiro atoms. The van der Waals surface area contributed by atoms with Crippen LogP contribution in [0.1, 0.15) is 26.2 Å². The standard InChI is InChI=1S/C15H22N4O2/c1-11(14(20)18-15(16)21)17-12-5-7-13(8-6-12)19-9-3-2-4-10-19/h5-8,11,17H,2-4,9-10H2,1H3,(H3,16,18,20,21). The maximum Gasteiger partial charge on any atom is 0.318 e. The first-order chi connectivity index (χ1) is 10.1. The molecule has 0 radical (unpaired) electrons. The highest BCUT2D eigenvalue weighted by Gasteiger charge is 2.14. The van der Waals surface area contributed by atoms with Gasteiger partial charge in [-0.15, -0.1) is 0 Å². The molecule has 0 aromatic heterocycles. The van der Waals surface area contributed by atoms with Crippen LogP contribution < -0.4 is 21.3 Å². The third kappa shape index (κ3) is 4.37. The Kier molecular flexibility index (Phi) is 5.03. The molecule has 1 fully saturated rings. The van der Waals surface area contributed by atoms with Crippen molar-refractivity contribution in [1.82, 2.24) is 5.32 Å². The summed E-state index contributed by atoms with van der Waals surface area (Å²) in [5.74, 6) is -0.442. The Bertz CT molecular complexity index is 495. The number of imide groups is 1. The summed E-state index contributed by atoms with van der Waals surface area (Å²) >= 11 is 0. The molecule has 0 bridgehead atoms. The van der Waals surface area contributed by atoms with Gasteiger partial charge in [0.15, 0.2) is 0 Å². The number of amides is 3. The van der Waals surface area contributed by atoms with E-state index in [1.54, 1.807) is 6.92 Å². The van der Waals surface area contributed by atoms with Crippen molar-refractivity contribution in [1.29, 1.82) is 0 Å². The topological polar surface area (TPSA) is 87.5 Å². The Morgan fingerprint density at radius 1 is 1.14 bits per heavy atom. The van der Waals surface area contributed by atoms with E-state index in [4.69, 9.17) is 5.73 Å². The summed E-state index contributed by atoms with van der Waals surface area (Å²) in [7, 11) is 0. The van der Waals surface area contributed by atoms with E-state index in [0.29, 0.717) is 0 Å². The van der Waals surface area contributed by atoms with Gasteiger partial charge in [-0.05, 0) is 50.5 Å². The number of primary amides is 1. The number of benzene rings is 1. The van der Waals surface area contributed by atoms with E-state index in [1.165, 1.54) is 24.9 Å². The van der Waals surface area contributed by atoms with Gasteiger partial charge in [0, 0.05) is 24.5 Å². The van der Waals surface area contributed by atoms with Crippen molar-refractivity contribution < 1.29 is 9.59 Å². The highest BCUT2D eigenvalue weighted by atomic mass is 16.2. The second-order valence-corrected chi connectivity index (χ2v) is 5.31. The van der Waals surface area contributed by atoms with Gasteiger partial charge in [-0.2, -0.15) is 0 Å². The molecule has 2 rings (SSSR count). The molecule has 0 aliphatic carbocycles. The second-order valence-electron chi connectivity index (χ2n) is 5.31. The highest BCUT2D eigenvalue weighted by molar-refractivity contribution is 5.97.